The first-order chi connectivity index (χ1) is 13.4. The first kappa shape index (κ1) is 19.7. The van der Waals surface area contributed by atoms with Crippen LogP contribution >= 0.6 is 0 Å². The number of rotatable bonds is 4. The minimum Gasteiger partial charge on any atom is -0.494 e. The van der Waals surface area contributed by atoms with E-state index in [4.69, 9.17) is 4.74 Å². The van der Waals surface area contributed by atoms with Crippen molar-refractivity contribution in [3.8, 4) is 5.75 Å². The molecule has 0 unspecified atom stereocenters. The average molecular weight is 392 g/mol. The Balaban J connectivity index is 1.63. The molecular formula is C20H19F3N2O3. The number of nitrogens with zero attached hydrogens (tertiary/aromatic N) is 2. The smallest absolute Gasteiger partial charge is 0.257 e. The summed E-state index contributed by atoms with van der Waals surface area (Å²) in [6.45, 7) is 3.24. The van der Waals surface area contributed by atoms with Gasteiger partial charge in [-0.2, -0.15) is 0 Å². The Bertz CT molecular complexity index is 879. The maximum absolute atomic E-state index is 13.8. The number of ether oxygens (including phenoxy) is 1. The molecule has 3 rings (SSSR count). The number of hydrogen-bond donors (Lipinski definition) is 0. The summed E-state index contributed by atoms with van der Waals surface area (Å²) < 4.78 is 45.6. The zero-order valence-corrected chi connectivity index (χ0v) is 15.3. The largest absolute Gasteiger partial charge is 0.494 e. The van der Waals surface area contributed by atoms with Crippen molar-refractivity contribution >= 4 is 11.8 Å². The summed E-state index contributed by atoms with van der Waals surface area (Å²) in [6.07, 6.45) is 0. The molecule has 0 aliphatic carbocycles. The van der Waals surface area contributed by atoms with Crippen molar-refractivity contribution in [2.75, 3.05) is 32.8 Å². The molecule has 0 aromatic heterocycles. The summed E-state index contributed by atoms with van der Waals surface area (Å²) >= 11 is 0. The fourth-order valence-electron chi connectivity index (χ4n) is 3.02. The number of benzene rings is 2. The number of halogens is 3. The molecule has 2 amide bonds. The molecule has 2 aromatic rings. The Kier molecular flexibility index (Phi) is 5.87. The number of carbonyl (C=O) groups excluding carboxylic acids is 2. The van der Waals surface area contributed by atoms with E-state index in [-0.39, 0.29) is 32.1 Å². The van der Waals surface area contributed by atoms with Crippen molar-refractivity contribution in [1.29, 1.82) is 0 Å². The molecule has 148 valence electrons. The van der Waals surface area contributed by atoms with Crippen LogP contribution in [0.1, 0.15) is 27.6 Å². The lowest BCUT2D eigenvalue weighted by Gasteiger charge is -2.35. The normalized spacial score (nSPS) is 14.1. The van der Waals surface area contributed by atoms with Crippen LogP contribution in [0.25, 0.3) is 0 Å². The van der Waals surface area contributed by atoms with Crippen molar-refractivity contribution in [2.45, 2.75) is 6.92 Å². The predicted molar refractivity (Wildman–Crippen MR) is 95.7 cm³/mol. The molecule has 0 bridgehead atoms. The molecule has 8 heteroatoms. The molecule has 0 atom stereocenters. The monoisotopic (exact) mass is 392 g/mol. The molecule has 1 aliphatic rings. The van der Waals surface area contributed by atoms with Crippen LogP contribution in [0.5, 0.6) is 5.75 Å². The van der Waals surface area contributed by atoms with Gasteiger partial charge in [0.2, 0.25) is 0 Å². The topological polar surface area (TPSA) is 49.9 Å². The van der Waals surface area contributed by atoms with E-state index < -0.39 is 28.9 Å². The Morgan fingerprint density at radius 3 is 2.00 bits per heavy atom. The lowest BCUT2D eigenvalue weighted by atomic mass is 10.1. The molecule has 28 heavy (non-hydrogen) atoms. The van der Waals surface area contributed by atoms with Gasteiger partial charge >= 0.3 is 0 Å². The Morgan fingerprint density at radius 1 is 0.857 bits per heavy atom. The van der Waals surface area contributed by atoms with Crippen molar-refractivity contribution in [2.24, 2.45) is 0 Å². The van der Waals surface area contributed by atoms with E-state index in [1.807, 2.05) is 6.92 Å². The number of hydrogen-bond acceptors (Lipinski definition) is 3. The van der Waals surface area contributed by atoms with Gasteiger partial charge in [0.25, 0.3) is 11.8 Å². The maximum atomic E-state index is 13.8. The Labute approximate surface area is 160 Å². The molecular weight excluding hydrogens is 373 g/mol. The molecule has 1 fully saturated rings. The molecule has 2 aromatic carbocycles. The van der Waals surface area contributed by atoms with Gasteiger partial charge in [-0.3, -0.25) is 9.59 Å². The predicted octanol–water partition coefficient (Wildman–Crippen LogP) is 3.10. The highest BCUT2D eigenvalue weighted by molar-refractivity contribution is 5.96. The zero-order chi connectivity index (χ0) is 20.3. The van der Waals surface area contributed by atoms with Gasteiger partial charge < -0.3 is 14.5 Å². The zero-order valence-electron chi connectivity index (χ0n) is 15.3. The van der Waals surface area contributed by atoms with Crippen LogP contribution < -0.4 is 4.74 Å². The fraction of sp³-hybridized carbons (Fsp3) is 0.300. The third-order valence-electron chi connectivity index (χ3n) is 4.53. The molecule has 1 heterocycles. The van der Waals surface area contributed by atoms with E-state index in [1.165, 1.54) is 4.90 Å². The van der Waals surface area contributed by atoms with Gasteiger partial charge in [0.05, 0.1) is 12.2 Å². The second-order valence-electron chi connectivity index (χ2n) is 6.26. The summed E-state index contributed by atoms with van der Waals surface area (Å²) in [6, 6.07) is 8.40. The van der Waals surface area contributed by atoms with Gasteiger partial charge in [-0.25, -0.2) is 13.2 Å². The summed E-state index contributed by atoms with van der Waals surface area (Å²) in [5, 5.41) is 0. The molecule has 0 saturated carbocycles. The summed E-state index contributed by atoms with van der Waals surface area (Å²) in [4.78, 5) is 27.9. The van der Waals surface area contributed by atoms with Crippen molar-refractivity contribution in [3.05, 3.63) is 65.0 Å². The lowest BCUT2D eigenvalue weighted by molar-refractivity contribution is 0.0532. The van der Waals surface area contributed by atoms with Gasteiger partial charge in [0.1, 0.15) is 5.75 Å². The first-order valence-corrected chi connectivity index (χ1v) is 8.87. The number of amides is 2. The van der Waals surface area contributed by atoms with E-state index >= 15 is 0 Å². The van der Waals surface area contributed by atoms with Crippen LogP contribution in [0.2, 0.25) is 0 Å². The minimum absolute atomic E-state index is 0.167. The summed E-state index contributed by atoms with van der Waals surface area (Å²) in [5.74, 6) is -4.77. The maximum Gasteiger partial charge on any atom is 0.257 e. The van der Waals surface area contributed by atoms with E-state index in [9.17, 15) is 22.8 Å². The average Bonchev–Trinajstić information content (AvgIpc) is 2.72. The van der Waals surface area contributed by atoms with Gasteiger partial charge in [-0.05, 0) is 43.3 Å². The third-order valence-corrected chi connectivity index (χ3v) is 4.53. The molecule has 1 aliphatic heterocycles. The lowest BCUT2D eigenvalue weighted by Crippen LogP contribution is -2.50. The van der Waals surface area contributed by atoms with E-state index in [0.717, 1.165) is 12.1 Å². The SMILES string of the molecule is CCOc1ccc(C(=O)N2CCN(C(=O)c3ccc(F)c(F)c3F)CC2)cc1. The van der Waals surface area contributed by atoms with Crippen LogP contribution in [-0.4, -0.2) is 54.4 Å². The Morgan fingerprint density at radius 2 is 1.43 bits per heavy atom. The second kappa shape index (κ2) is 8.33. The standard InChI is InChI=1S/C20H19F3N2O3/c1-2-28-14-5-3-13(4-6-14)19(26)24-9-11-25(12-10-24)20(27)15-7-8-16(21)18(23)17(15)22/h3-8H,2,9-12H2,1H3. The van der Waals surface area contributed by atoms with E-state index in [2.05, 4.69) is 0 Å². The second-order valence-corrected chi connectivity index (χ2v) is 6.26. The van der Waals surface area contributed by atoms with Crippen molar-refractivity contribution in [3.63, 3.8) is 0 Å². The number of carbonyl (C=O) groups is 2. The highest BCUT2D eigenvalue weighted by Crippen LogP contribution is 2.19. The van der Waals surface area contributed by atoms with Crippen LogP contribution in [0.3, 0.4) is 0 Å². The van der Waals surface area contributed by atoms with E-state index in [0.29, 0.717) is 17.9 Å². The summed E-state index contributed by atoms with van der Waals surface area (Å²) in [5.41, 5.74) is -0.0277. The van der Waals surface area contributed by atoms with Crippen LogP contribution in [0, 0.1) is 17.5 Å². The molecule has 0 N–H and O–H groups in total. The third kappa shape index (κ3) is 3.95. The van der Waals surface area contributed by atoms with Crippen LogP contribution in [-0.2, 0) is 0 Å². The minimum atomic E-state index is -1.67. The van der Waals surface area contributed by atoms with Gasteiger partial charge in [-0.15, -0.1) is 0 Å². The highest BCUT2D eigenvalue weighted by atomic mass is 19.2. The highest BCUT2D eigenvalue weighted by Gasteiger charge is 2.28. The van der Waals surface area contributed by atoms with Crippen LogP contribution in [0.15, 0.2) is 36.4 Å². The molecule has 0 radical (unpaired) electrons. The number of piperazine rings is 1. The first-order valence-electron chi connectivity index (χ1n) is 8.87. The van der Waals surface area contributed by atoms with Crippen molar-refractivity contribution in [1.82, 2.24) is 9.80 Å². The van der Waals surface area contributed by atoms with Gasteiger partial charge in [0.15, 0.2) is 17.5 Å². The molecule has 5 nitrogen and oxygen atoms in total. The fourth-order valence-corrected chi connectivity index (χ4v) is 3.02. The molecule has 0 spiro atoms. The summed E-state index contributed by atoms with van der Waals surface area (Å²) in [7, 11) is 0. The van der Waals surface area contributed by atoms with Gasteiger partial charge in [-0.1, -0.05) is 0 Å². The quantitative estimate of drug-likeness (QED) is 0.752. The van der Waals surface area contributed by atoms with Crippen LogP contribution in [0.4, 0.5) is 13.2 Å². The van der Waals surface area contributed by atoms with E-state index in [1.54, 1.807) is 29.2 Å². The molecule has 1 saturated heterocycles. The Hall–Kier alpha value is -3.03. The van der Waals surface area contributed by atoms with Gasteiger partial charge in [0, 0.05) is 31.7 Å². The van der Waals surface area contributed by atoms with Crippen molar-refractivity contribution < 1.29 is 27.5 Å².